The van der Waals surface area contributed by atoms with Crippen molar-refractivity contribution in [1.29, 1.82) is 0 Å². The summed E-state index contributed by atoms with van der Waals surface area (Å²) in [4.78, 5) is 20.9. The molecule has 0 aliphatic heterocycles. The smallest absolute Gasteiger partial charge is 0.258 e. The van der Waals surface area contributed by atoms with Crippen LogP contribution >= 0.6 is 22.6 Å². The molecule has 1 N–H and O–H groups in total. The van der Waals surface area contributed by atoms with Crippen LogP contribution in [-0.2, 0) is 0 Å². The van der Waals surface area contributed by atoms with E-state index in [1.165, 1.54) is 0 Å². The summed E-state index contributed by atoms with van der Waals surface area (Å²) in [7, 11) is 0. The monoisotopic (exact) mass is 415 g/mol. The van der Waals surface area contributed by atoms with Crippen LogP contribution in [0, 0.1) is 10.5 Å². The molecule has 1 heterocycles. The number of rotatable bonds is 3. The van der Waals surface area contributed by atoms with E-state index in [-0.39, 0.29) is 5.91 Å². The van der Waals surface area contributed by atoms with Crippen LogP contribution in [0.2, 0.25) is 0 Å². The maximum Gasteiger partial charge on any atom is 0.258 e. The molecule has 0 atom stereocenters. The van der Waals surface area contributed by atoms with E-state index in [0.717, 1.165) is 20.4 Å². The molecule has 114 valence electrons. The second kappa shape index (κ2) is 6.87. The third-order valence-corrected chi connectivity index (χ3v) is 4.05. The van der Waals surface area contributed by atoms with E-state index >= 15 is 0 Å². The van der Waals surface area contributed by atoms with Gasteiger partial charge in [-0.2, -0.15) is 0 Å². The summed E-state index contributed by atoms with van der Waals surface area (Å²) in [6, 6.07) is 15.5. The van der Waals surface area contributed by atoms with Crippen LogP contribution in [0.25, 0.3) is 11.4 Å². The highest BCUT2D eigenvalue weighted by molar-refractivity contribution is 14.1. The molecule has 0 radical (unpaired) electrons. The topological polar surface area (TPSA) is 54.9 Å². The van der Waals surface area contributed by atoms with E-state index in [2.05, 4.69) is 37.9 Å². The Morgan fingerprint density at radius 3 is 2.39 bits per heavy atom. The first kappa shape index (κ1) is 15.6. The Hall–Kier alpha value is -2.28. The number of amides is 1. The minimum absolute atomic E-state index is 0.214. The van der Waals surface area contributed by atoms with Crippen LogP contribution in [0.4, 0.5) is 5.69 Å². The SMILES string of the molecule is Cc1cc(I)ccc1NC(=O)c1cnc(-c2ccccc2)nc1. The molecule has 4 nitrogen and oxygen atoms in total. The highest BCUT2D eigenvalue weighted by Gasteiger charge is 2.10. The standard InChI is InChI=1S/C18H14IN3O/c1-12-9-15(19)7-8-16(12)22-18(23)14-10-20-17(21-11-14)13-5-3-2-4-6-13/h2-11H,1H3,(H,22,23). The lowest BCUT2D eigenvalue weighted by Crippen LogP contribution is -2.13. The van der Waals surface area contributed by atoms with Crippen molar-refractivity contribution in [1.82, 2.24) is 9.97 Å². The van der Waals surface area contributed by atoms with Crippen molar-refractivity contribution in [3.05, 3.63) is 75.6 Å². The lowest BCUT2D eigenvalue weighted by atomic mass is 10.2. The second-order valence-corrected chi connectivity index (χ2v) is 6.32. The molecule has 0 saturated heterocycles. The fraction of sp³-hybridized carbons (Fsp3) is 0.0556. The molecule has 5 heteroatoms. The van der Waals surface area contributed by atoms with Crippen molar-refractivity contribution >= 4 is 34.2 Å². The molecule has 3 aromatic rings. The minimum Gasteiger partial charge on any atom is -0.322 e. The van der Waals surface area contributed by atoms with Crippen molar-refractivity contribution in [2.45, 2.75) is 6.92 Å². The van der Waals surface area contributed by atoms with E-state index < -0.39 is 0 Å². The second-order valence-electron chi connectivity index (χ2n) is 5.07. The van der Waals surface area contributed by atoms with Gasteiger partial charge in [-0.3, -0.25) is 4.79 Å². The first-order chi connectivity index (χ1) is 11.1. The van der Waals surface area contributed by atoms with Gasteiger partial charge in [0.15, 0.2) is 5.82 Å². The number of anilines is 1. The summed E-state index contributed by atoms with van der Waals surface area (Å²) in [5, 5.41) is 2.89. The lowest BCUT2D eigenvalue weighted by molar-refractivity contribution is 0.102. The number of hydrogen-bond donors (Lipinski definition) is 1. The van der Waals surface area contributed by atoms with Crippen molar-refractivity contribution in [2.24, 2.45) is 0 Å². The van der Waals surface area contributed by atoms with Crippen molar-refractivity contribution < 1.29 is 4.79 Å². The van der Waals surface area contributed by atoms with Gasteiger partial charge in [-0.25, -0.2) is 9.97 Å². The molecule has 3 rings (SSSR count). The van der Waals surface area contributed by atoms with E-state index in [1.807, 2.05) is 55.5 Å². The van der Waals surface area contributed by atoms with Crippen LogP contribution < -0.4 is 5.32 Å². The number of carbonyl (C=O) groups excluding carboxylic acids is 1. The highest BCUT2D eigenvalue weighted by Crippen LogP contribution is 2.19. The van der Waals surface area contributed by atoms with Crippen LogP contribution in [0.15, 0.2) is 60.9 Å². The zero-order valence-electron chi connectivity index (χ0n) is 12.5. The molecule has 1 amide bonds. The molecule has 2 aromatic carbocycles. The van der Waals surface area contributed by atoms with Gasteiger partial charge in [-0.1, -0.05) is 30.3 Å². The van der Waals surface area contributed by atoms with Crippen LogP contribution in [-0.4, -0.2) is 15.9 Å². The van der Waals surface area contributed by atoms with E-state index in [0.29, 0.717) is 11.4 Å². The number of nitrogens with one attached hydrogen (secondary N) is 1. The van der Waals surface area contributed by atoms with Crippen molar-refractivity contribution in [3.63, 3.8) is 0 Å². The summed E-state index contributed by atoms with van der Waals surface area (Å²) < 4.78 is 1.13. The fourth-order valence-corrected chi connectivity index (χ4v) is 2.79. The summed E-state index contributed by atoms with van der Waals surface area (Å²) in [5.74, 6) is 0.390. The predicted molar refractivity (Wildman–Crippen MR) is 99.3 cm³/mol. The summed E-state index contributed by atoms with van der Waals surface area (Å²) >= 11 is 2.24. The molecular weight excluding hydrogens is 401 g/mol. The first-order valence-corrected chi connectivity index (χ1v) is 8.16. The Morgan fingerprint density at radius 2 is 1.74 bits per heavy atom. The average Bonchev–Trinajstić information content (AvgIpc) is 2.58. The molecule has 23 heavy (non-hydrogen) atoms. The number of nitrogens with zero attached hydrogens (tertiary/aromatic N) is 2. The van der Waals surface area contributed by atoms with Gasteiger partial charge in [0.2, 0.25) is 0 Å². The van der Waals surface area contributed by atoms with Crippen LogP contribution in [0.5, 0.6) is 0 Å². The van der Waals surface area contributed by atoms with Gasteiger partial charge < -0.3 is 5.32 Å². The van der Waals surface area contributed by atoms with Gasteiger partial charge in [0.25, 0.3) is 5.91 Å². The molecule has 0 aliphatic rings. The lowest BCUT2D eigenvalue weighted by Gasteiger charge is -2.08. The molecule has 0 bridgehead atoms. The van der Waals surface area contributed by atoms with Crippen LogP contribution in [0.1, 0.15) is 15.9 Å². The van der Waals surface area contributed by atoms with Gasteiger partial charge in [0, 0.05) is 27.2 Å². The van der Waals surface area contributed by atoms with E-state index in [1.54, 1.807) is 12.4 Å². The number of aryl methyl sites for hydroxylation is 1. The molecular formula is C18H14IN3O. The van der Waals surface area contributed by atoms with Gasteiger partial charge >= 0.3 is 0 Å². The van der Waals surface area contributed by atoms with E-state index in [4.69, 9.17) is 0 Å². The zero-order chi connectivity index (χ0) is 16.2. The van der Waals surface area contributed by atoms with E-state index in [9.17, 15) is 4.79 Å². The van der Waals surface area contributed by atoms with Gasteiger partial charge in [0.05, 0.1) is 5.56 Å². The molecule has 0 aliphatic carbocycles. The van der Waals surface area contributed by atoms with Gasteiger partial charge in [0.1, 0.15) is 0 Å². The number of hydrogen-bond acceptors (Lipinski definition) is 3. The molecule has 0 spiro atoms. The third-order valence-electron chi connectivity index (χ3n) is 3.38. The largest absolute Gasteiger partial charge is 0.322 e. The Bertz CT molecular complexity index is 833. The number of benzene rings is 2. The van der Waals surface area contributed by atoms with Gasteiger partial charge in [-0.15, -0.1) is 0 Å². The molecule has 0 unspecified atom stereocenters. The Labute approximate surface area is 148 Å². The normalized spacial score (nSPS) is 10.3. The highest BCUT2D eigenvalue weighted by atomic mass is 127. The third kappa shape index (κ3) is 3.73. The van der Waals surface area contributed by atoms with Crippen molar-refractivity contribution in [2.75, 3.05) is 5.32 Å². The van der Waals surface area contributed by atoms with Crippen molar-refractivity contribution in [3.8, 4) is 11.4 Å². The zero-order valence-corrected chi connectivity index (χ0v) is 14.6. The minimum atomic E-state index is -0.214. The summed E-state index contributed by atoms with van der Waals surface area (Å²) in [5.41, 5.74) is 3.17. The predicted octanol–water partition coefficient (Wildman–Crippen LogP) is 4.31. The first-order valence-electron chi connectivity index (χ1n) is 7.08. The summed E-state index contributed by atoms with van der Waals surface area (Å²) in [6.07, 6.45) is 3.10. The molecule has 0 fully saturated rings. The fourth-order valence-electron chi connectivity index (χ4n) is 2.14. The Morgan fingerprint density at radius 1 is 1.04 bits per heavy atom. The maximum atomic E-state index is 12.3. The van der Waals surface area contributed by atoms with Crippen LogP contribution in [0.3, 0.4) is 0 Å². The molecule has 1 aromatic heterocycles. The molecule has 0 saturated carbocycles. The number of aromatic nitrogens is 2. The quantitative estimate of drug-likeness (QED) is 0.649. The Kier molecular flexibility index (Phi) is 4.66. The maximum absolute atomic E-state index is 12.3. The Balaban J connectivity index is 1.78. The van der Waals surface area contributed by atoms with Gasteiger partial charge in [-0.05, 0) is 53.3 Å². The number of halogens is 1. The number of carbonyl (C=O) groups is 1. The average molecular weight is 415 g/mol. The summed E-state index contributed by atoms with van der Waals surface area (Å²) in [6.45, 7) is 1.97.